The van der Waals surface area contributed by atoms with Crippen LogP contribution in [0.4, 0.5) is 0 Å². The van der Waals surface area contributed by atoms with Gasteiger partial charge < -0.3 is 53.8 Å². The highest BCUT2D eigenvalue weighted by Crippen LogP contribution is 2.44. The van der Waals surface area contributed by atoms with Crippen LogP contribution in [0.15, 0.2) is 33.5 Å². The molecule has 1 aromatic carbocycles. The summed E-state index contributed by atoms with van der Waals surface area (Å²) in [7, 11) is 1.36. The van der Waals surface area contributed by atoms with Crippen molar-refractivity contribution in [3.8, 4) is 11.5 Å². The molecule has 0 amide bonds. The van der Waals surface area contributed by atoms with Gasteiger partial charge in [-0.1, -0.05) is 6.58 Å². The Bertz CT molecular complexity index is 987. The van der Waals surface area contributed by atoms with Gasteiger partial charge in [-0.15, -0.1) is 0 Å². The molecule has 5 N–H and O–H groups in total. The number of methoxy groups -OCH3 is 1. The van der Waals surface area contributed by atoms with E-state index in [0.717, 1.165) is 0 Å². The molecule has 2 heterocycles. The molecule has 1 aromatic heterocycles. The molecule has 0 saturated carbocycles. The van der Waals surface area contributed by atoms with Crippen molar-refractivity contribution >= 4 is 42.8 Å². The fourth-order valence-electron chi connectivity index (χ4n) is 3.44. The number of aromatic nitrogens is 1. The Hall–Kier alpha value is -1.42. The van der Waals surface area contributed by atoms with E-state index in [-0.39, 0.29) is 25.6 Å². The summed E-state index contributed by atoms with van der Waals surface area (Å²) in [5.41, 5.74) is 0.701. The Morgan fingerprint density at radius 3 is 2.43 bits per heavy atom. The second kappa shape index (κ2) is 13.2. The second-order valence-corrected chi connectivity index (χ2v) is 9.21. The molecule has 0 aliphatic carbocycles. The first kappa shape index (κ1) is 28.2. The Morgan fingerprint density at radius 2 is 1.74 bits per heavy atom. The number of aliphatic hydroxyl groups is 4. The normalized spacial score (nSPS) is 24.5. The van der Waals surface area contributed by atoms with Crippen molar-refractivity contribution in [1.82, 2.24) is 4.98 Å². The van der Waals surface area contributed by atoms with Crippen LogP contribution in [0.25, 0.3) is 10.9 Å². The maximum Gasteiger partial charge on any atom is 0.229 e. The van der Waals surface area contributed by atoms with Crippen molar-refractivity contribution in [2.45, 2.75) is 30.7 Å². The van der Waals surface area contributed by atoms with Crippen molar-refractivity contribution in [1.29, 1.82) is 0 Å². The van der Waals surface area contributed by atoms with E-state index in [4.69, 9.17) is 33.5 Å². The molecule has 0 bridgehead atoms. The van der Waals surface area contributed by atoms with Gasteiger partial charge in [0.15, 0.2) is 0 Å². The summed E-state index contributed by atoms with van der Waals surface area (Å²) in [6.07, 6.45) is -5.34. The molecule has 5 atom stereocenters. The zero-order valence-corrected chi connectivity index (χ0v) is 22.2. The van der Waals surface area contributed by atoms with E-state index < -0.39 is 30.7 Å². The van der Waals surface area contributed by atoms with Crippen molar-refractivity contribution in [3.05, 3.63) is 33.5 Å². The Labute approximate surface area is 218 Å². The van der Waals surface area contributed by atoms with E-state index in [1.807, 2.05) is 0 Å². The van der Waals surface area contributed by atoms with E-state index >= 15 is 0 Å². The van der Waals surface area contributed by atoms with Gasteiger partial charge in [-0.3, -0.25) is 0 Å². The summed E-state index contributed by atoms with van der Waals surface area (Å²) in [6.45, 7) is 5.24. The molecule has 0 radical (unpaired) electrons. The fraction of sp³-hybridized carbons (Fsp3) is 0.545. The number of hydrogen-bond donors (Lipinski definition) is 5. The Balaban J connectivity index is 1.71. The standard InChI is InChI=1S/C22H29Br2NO10/c1-11(30-2)20-18(28)17(27)19(29)22(35-20)34-14-10-25-13-9-12(23)21(16(24)15(13)14)33-8-7-32-6-5-31-4-3-26/h9-10,17-20,22,25-29H,1,3-8H2,2H3/t17-,18-,19+,20+,22+/m0/s1. The van der Waals surface area contributed by atoms with Gasteiger partial charge in [0.25, 0.3) is 0 Å². The highest BCUT2D eigenvalue weighted by Gasteiger charge is 2.46. The van der Waals surface area contributed by atoms with Crippen LogP contribution in [0.5, 0.6) is 11.5 Å². The third-order valence-corrected chi connectivity index (χ3v) is 6.60. The van der Waals surface area contributed by atoms with Crippen LogP contribution >= 0.6 is 31.9 Å². The van der Waals surface area contributed by atoms with Crippen LogP contribution in [0.3, 0.4) is 0 Å². The third-order valence-electron chi connectivity index (χ3n) is 5.26. The summed E-state index contributed by atoms with van der Waals surface area (Å²) < 4.78 is 34.3. The van der Waals surface area contributed by atoms with Crippen molar-refractivity contribution in [2.75, 3.05) is 46.8 Å². The van der Waals surface area contributed by atoms with Crippen LogP contribution in [-0.2, 0) is 18.9 Å². The van der Waals surface area contributed by atoms with Crippen LogP contribution in [0.1, 0.15) is 0 Å². The molecule has 0 unspecified atom stereocenters. The molecule has 1 aliphatic rings. The van der Waals surface area contributed by atoms with Gasteiger partial charge in [0.1, 0.15) is 48.3 Å². The number of aromatic amines is 1. The van der Waals surface area contributed by atoms with Crippen LogP contribution < -0.4 is 9.47 Å². The smallest absolute Gasteiger partial charge is 0.229 e. The van der Waals surface area contributed by atoms with Crippen LogP contribution in [-0.4, -0.2) is 103 Å². The number of benzene rings is 1. The van der Waals surface area contributed by atoms with Gasteiger partial charge in [0.2, 0.25) is 6.29 Å². The first-order chi connectivity index (χ1) is 16.8. The number of rotatable bonds is 13. The van der Waals surface area contributed by atoms with Crippen molar-refractivity contribution in [2.24, 2.45) is 0 Å². The lowest BCUT2D eigenvalue weighted by molar-refractivity contribution is -0.269. The highest BCUT2D eigenvalue weighted by atomic mass is 79.9. The average Bonchev–Trinajstić information content (AvgIpc) is 3.24. The van der Waals surface area contributed by atoms with Crippen LogP contribution in [0, 0.1) is 0 Å². The minimum absolute atomic E-state index is 0.0318. The van der Waals surface area contributed by atoms with Crippen LogP contribution in [0.2, 0.25) is 0 Å². The summed E-state index contributed by atoms with van der Waals surface area (Å²) in [5, 5.41) is 40.2. The summed E-state index contributed by atoms with van der Waals surface area (Å²) in [5.74, 6) is 0.906. The lowest BCUT2D eigenvalue weighted by Gasteiger charge is -2.40. The van der Waals surface area contributed by atoms with E-state index in [2.05, 4.69) is 43.4 Å². The monoisotopic (exact) mass is 625 g/mol. The summed E-state index contributed by atoms with van der Waals surface area (Å²) in [4.78, 5) is 3.08. The molecular weight excluding hydrogens is 598 g/mol. The minimum atomic E-state index is -1.54. The number of aliphatic hydroxyl groups excluding tert-OH is 4. The first-order valence-corrected chi connectivity index (χ1v) is 12.4. The maximum absolute atomic E-state index is 10.4. The third kappa shape index (κ3) is 6.67. The number of nitrogens with one attached hydrogen (secondary N) is 1. The zero-order valence-electron chi connectivity index (χ0n) is 19.0. The summed E-state index contributed by atoms with van der Waals surface area (Å²) in [6, 6.07) is 1.80. The molecule has 35 heavy (non-hydrogen) atoms. The lowest BCUT2D eigenvalue weighted by Crippen LogP contribution is -2.59. The topological polar surface area (TPSA) is 152 Å². The van der Waals surface area contributed by atoms with E-state index in [9.17, 15) is 15.3 Å². The van der Waals surface area contributed by atoms with Crippen molar-refractivity contribution in [3.63, 3.8) is 0 Å². The molecule has 1 saturated heterocycles. The lowest BCUT2D eigenvalue weighted by atomic mass is 9.98. The van der Waals surface area contributed by atoms with Gasteiger partial charge >= 0.3 is 0 Å². The number of H-pyrrole nitrogens is 1. The molecule has 13 heteroatoms. The zero-order chi connectivity index (χ0) is 25.5. The van der Waals surface area contributed by atoms with Gasteiger partial charge in [-0.05, 0) is 37.9 Å². The molecule has 1 fully saturated rings. The predicted octanol–water partition coefficient (Wildman–Crippen LogP) is 1.44. The maximum atomic E-state index is 10.4. The van der Waals surface area contributed by atoms with E-state index in [0.29, 0.717) is 51.2 Å². The quantitative estimate of drug-likeness (QED) is 0.163. The Kier molecular flexibility index (Phi) is 10.6. The number of fused-ring (bicyclic) bond motifs is 1. The molecule has 0 spiro atoms. The SMILES string of the molecule is C=C(OC)[C@H]1O[C@@H](Oc2c[nH]c3cc(Br)c(OCCOCCOCCO)c(Br)c23)[C@H](O)[C@@H](O)[C@@H]1O. The minimum Gasteiger partial charge on any atom is -0.499 e. The van der Waals surface area contributed by atoms with Gasteiger partial charge in [0, 0.05) is 6.20 Å². The molecule has 1 aliphatic heterocycles. The first-order valence-electron chi connectivity index (χ1n) is 10.8. The predicted molar refractivity (Wildman–Crippen MR) is 131 cm³/mol. The van der Waals surface area contributed by atoms with Crippen molar-refractivity contribution < 1.29 is 48.8 Å². The molecule has 2 aromatic rings. The largest absolute Gasteiger partial charge is 0.499 e. The van der Waals surface area contributed by atoms with Gasteiger partial charge in [0.05, 0.1) is 60.0 Å². The second-order valence-electron chi connectivity index (χ2n) is 7.56. The molecule has 3 rings (SSSR count). The average molecular weight is 627 g/mol. The molecule has 11 nitrogen and oxygen atoms in total. The van der Waals surface area contributed by atoms with E-state index in [1.54, 1.807) is 12.3 Å². The van der Waals surface area contributed by atoms with E-state index in [1.165, 1.54) is 7.11 Å². The number of hydrogen-bond acceptors (Lipinski definition) is 10. The highest BCUT2D eigenvalue weighted by molar-refractivity contribution is 9.11. The number of halogens is 2. The molecule has 196 valence electrons. The fourth-order valence-corrected chi connectivity index (χ4v) is 4.98. The number of ether oxygens (including phenoxy) is 6. The summed E-state index contributed by atoms with van der Waals surface area (Å²) >= 11 is 7.05. The Morgan fingerprint density at radius 1 is 1.06 bits per heavy atom. The van der Waals surface area contributed by atoms with Gasteiger partial charge in [-0.2, -0.15) is 0 Å². The van der Waals surface area contributed by atoms with Gasteiger partial charge in [-0.25, -0.2) is 0 Å². The molecular formula is C22H29Br2NO10.